The Morgan fingerprint density at radius 3 is 1.55 bits per heavy atom. The van der Waals surface area contributed by atoms with Gasteiger partial charge < -0.3 is 18.9 Å². The molecule has 10 atom stereocenters. The van der Waals surface area contributed by atoms with Crippen molar-refractivity contribution in [1.82, 2.24) is 29.7 Å². The highest BCUT2D eigenvalue weighted by Crippen LogP contribution is 2.49. The summed E-state index contributed by atoms with van der Waals surface area (Å²) < 4.78 is 27.0. The Bertz CT molecular complexity index is 2530. The van der Waals surface area contributed by atoms with Gasteiger partial charge >= 0.3 is 0 Å². The lowest BCUT2D eigenvalue weighted by molar-refractivity contribution is -0.0400. The lowest BCUT2D eigenvalue weighted by Crippen LogP contribution is -2.55. The molecule has 6 aliphatic rings. The number of methoxy groups -OCH3 is 2. The molecule has 9 heterocycles. The molecule has 330 valence electrons. The fourth-order valence-corrected chi connectivity index (χ4v) is 11.3. The molecule has 0 N–H and O–H groups in total. The summed E-state index contributed by atoms with van der Waals surface area (Å²) in [5.74, 6) is 5.07. The van der Waals surface area contributed by atoms with E-state index in [1.807, 2.05) is 54.9 Å². The second kappa shape index (κ2) is 17.3. The van der Waals surface area contributed by atoms with Crippen LogP contribution in [-0.4, -0.2) is 82.2 Å². The molecule has 64 heavy (non-hydrogen) atoms. The van der Waals surface area contributed by atoms with Gasteiger partial charge in [0.25, 0.3) is 0 Å². The largest absolute Gasteiger partial charge is 0.497 e. The van der Waals surface area contributed by atoms with Gasteiger partial charge in [0.15, 0.2) is 5.82 Å². The van der Waals surface area contributed by atoms with E-state index in [1.54, 1.807) is 14.2 Å². The zero-order valence-corrected chi connectivity index (χ0v) is 37.8. The fraction of sp³-hybridized carbons (Fsp3) is 0.407. The van der Waals surface area contributed by atoms with Gasteiger partial charge in [0.05, 0.1) is 42.9 Å². The van der Waals surface area contributed by atoms with Gasteiger partial charge in [0.1, 0.15) is 23.7 Å². The fourth-order valence-electron chi connectivity index (χ4n) is 11.3. The topological polar surface area (TPSA) is 95.0 Å². The molecule has 0 radical (unpaired) electrons. The van der Waals surface area contributed by atoms with E-state index in [0.717, 1.165) is 107 Å². The molecular weight excluding hydrogens is 797 g/mol. The van der Waals surface area contributed by atoms with E-state index in [-0.39, 0.29) is 12.1 Å². The Morgan fingerprint density at radius 2 is 1.14 bits per heavy atom. The van der Waals surface area contributed by atoms with Crippen molar-refractivity contribution >= 4 is 21.8 Å². The molecular formula is C54H60N6O4. The summed E-state index contributed by atoms with van der Waals surface area (Å²) in [7, 11) is 3.42. The van der Waals surface area contributed by atoms with Gasteiger partial charge in [-0.3, -0.25) is 19.8 Å². The summed E-state index contributed by atoms with van der Waals surface area (Å²) in [5, 5.41) is 2.00. The highest BCUT2D eigenvalue weighted by molar-refractivity contribution is 5.85. The van der Waals surface area contributed by atoms with Gasteiger partial charge in [0.2, 0.25) is 11.8 Å². The highest BCUT2D eigenvalue weighted by Gasteiger charge is 2.47. The van der Waals surface area contributed by atoms with Crippen LogP contribution in [0.1, 0.15) is 75.4 Å². The van der Waals surface area contributed by atoms with Gasteiger partial charge in [0, 0.05) is 52.9 Å². The van der Waals surface area contributed by atoms with Crippen LogP contribution in [0.2, 0.25) is 0 Å². The number of nitrogens with zero attached hydrogens (tertiary/aromatic N) is 6. The predicted molar refractivity (Wildman–Crippen MR) is 253 cm³/mol. The molecule has 10 heteroatoms. The van der Waals surface area contributed by atoms with Crippen molar-refractivity contribution in [3.05, 3.63) is 133 Å². The number of ether oxygens (including phenoxy) is 4. The number of aromatic nitrogens is 4. The third-order valence-electron chi connectivity index (χ3n) is 14.7. The average Bonchev–Trinajstić information content (AvgIpc) is 3.34. The lowest BCUT2D eigenvalue weighted by atomic mass is 9.73. The standard InChI is InChI=1S/C54H60N6O4/c1-8-33-31-59-25-21-36(33)27-46(59)49(40-19-23-55-44-17-15-38(61-6)29-42(40)44)63-52-48(54(3,4)5)53(58-51(57-52)35-13-11-10-12-14-35)64-50(47-28-37-22-26-60(47)32-34(37)9-2)41-20-24-56-45-18-16-39(62-7)30-43(41)45/h8-20,23-24,29-30,33-34,36-37,46-47,49-50H,1-2,21-22,25-28,31-32H2,3-7H3/t33-,34-,36-,37-,46+,47+,49-,50-/m0/s1. The third-order valence-corrected chi connectivity index (χ3v) is 14.7. The van der Waals surface area contributed by atoms with Crippen molar-refractivity contribution < 1.29 is 18.9 Å². The second-order valence-corrected chi connectivity index (χ2v) is 19.3. The lowest BCUT2D eigenvalue weighted by Gasteiger charge is -2.51. The molecule has 3 aromatic carbocycles. The van der Waals surface area contributed by atoms with E-state index < -0.39 is 17.6 Å². The van der Waals surface area contributed by atoms with Gasteiger partial charge in [-0.25, -0.2) is 0 Å². The Morgan fingerprint density at radius 1 is 0.656 bits per heavy atom. The number of hydrogen-bond acceptors (Lipinski definition) is 10. The van der Waals surface area contributed by atoms with Crippen LogP contribution in [0.4, 0.5) is 0 Å². The van der Waals surface area contributed by atoms with E-state index in [2.05, 4.69) is 92.3 Å². The number of hydrogen-bond donors (Lipinski definition) is 0. The minimum atomic E-state index is -0.498. The molecule has 6 aromatic rings. The summed E-state index contributed by atoms with van der Waals surface area (Å²) in [4.78, 5) is 25.7. The highest BCUT2D eigenvalue weighted by atomic mass is 16.5. The Balaban J connectivity index is 1.17. The number of piperidine rings is 6. The van der Waals surface area contributed by atoms with Crippen LogP contribution in [0.5, 0.6) is 23.3 Å². The van der Waals surface area contributed by atoms with Gasteiger partial charge in [-0.2, -0.15) is 9.97 Å². The van der Waals surface area contributed by atoms with Crippen LogP contribution < -0.4 is 18.9 Å². The summed E-state index contributed by atoms with van der Waals surface area (Å²) >= 11 is 0. The quantitative estimate of drug-likeness (QED) is 0.105. The zero-order chi connectivity index (χ0) is 44.1. The number of rotatable bonds is 13. The summed E-state index contributed by atoms with van der Waals surface area (Å²) in [6, 6.07) is 26.8. The normalized spacial score (nSPS) is 26.0. The van der Waals surface area contributed by atoms with Gasteiger partial charge in [-0.15, -0.1) is 13.2 Å². The van der Waals surface area contributed by atoms with Crippen LogP contribution >= 0.6 is 0 Å². The molecule has 0 amide bonds. The molecule has 0 spiro atoms. The van der Waals surface area contributed by atoms with E-state index in [4.69, 9.17) is 38.9 Å². The molecule has 3 aromatic heterocycles. The van der Waals surface area contributed by atoms with Crippen LogP contribution in [0.15, 0.2) is 117 Å². The van der Waals surface area contributed by atoms with E-state index >= 15 is 0 Å². The zero-order valence-electron chi connectivity index (χ0n) is 37.8. The number of benzene rings is 3. The SMILES string of the molecule is C=C[C@H]1CN2CC[C@H]1C[C@@H]2[C@@H](Oc1nc(-c2ccccc2)nc(O[C@@H](c2ccnc3ccc(OC)cc23)[C@H]2C[C@@H]3CCN2C[C@@H]3C=C)c1C(C)(C)C)c1ccnc2ccc(OC)cc12. The second-order valence-electron chi connectivity index (χ2n) is 19.3. The van der Waals surface area contributed by atoms with Crippen LogP contribution in [0, 0.1) is 23.7 Å². The number of pyridine rings is 2. The monoisotopic (exact) mass is 856 g/mol. The Hall–Kier alpha value is -5.84. The molecule has 0 saturated carbocycles. The van der Waals surface area contributed by atoms with E-state index in [1.165, 1.54) is 0 Å². The molecule has 6 aliphatic heterocycles. The number of fused-ring (bicyclic) bond motifs is 8. The van der Waals surface area contributed by atoms with Gasteiger partial charge in [-0.05, 0) is 116 Å². The maximum atomic E-state index is 7.70. The van der Waals surface area contributed by atoms with Crippen molar-refractivity contribution in [2.45, 2.75) is 76.2 Å². The average molecular weight is 857 g/mol. The van der Waals surface area contributed by atoms with E-state index in [0.29, 0.717) is 41.3 Å². The Kier molecular flexibility index (Phi) is 11.4. The molecule has 6 fully saturated rings. The van der Waals surface area contributed by atoms with Crippen LogP contribution in [-0.2, 0) is 5.41 Å². The van der Waals surface area contributed by atoms with Crippen molar-refractivity contribution in [3.63, 3.8) is 0 Å². The third kappa shape index (κ3) is 7.78. The van der Waals surface area contributed by atoms with Crippen LogP contribution in [0.3, 0.4) is 0 Å². The van der Waals surface area contributed by atoms with Crippen LogP contribution in [0.25, 0.3) is 33.2 Å². The molecule has 10 nitrogen and oxygen atoms in total. The van der Waals surface area contributed by atoms with Crippen molar-refractivity contribution in [3.8, 4) is 34.6 Å². The summed E-state index contributed by atoms with van der Waals surface area (Å²) in [6.45, 7) is 19.0. The summed E-state index contributed by atoms with van der Waals surface area (Å²) in [5.41, 5.74) is 5.09. The first kappa shape index (κ1) is 42.1. The van der Waals surface area contributed by atoms with Crippen molar-refractivity contribution in [2.75, 3.05) is 40.4 Å². The van der Waals surface area contributed by atoms with Crippen molar-refractivity contribution in [2.24, 2.45) is 23.7 Å². The first-order chi connectivity index (χ1) is 31.1. The molecule has 12 rings (SSSR count). The summed E-state index contributed by atoms with van der Waals surface area (Å²) in [6.07, 6.45) is 11.6. The minimum Gasteiger partial charge on any atom is -0.497 e. The molecule has 0 aliphatic carbocycles. The molecule has 4 bridgehead atoms. The van der Waals surface area contributed by atoms with Gasteiger partial charge in [-0.1, -0.05) is 63.3 Å². The Labute approximate surface area is 377 Å². The first-order valence-corrected chi connectivity index (χ1v) is 23.0. The maximum absolute atomic E-state index is 7.70. The molecule has 6 saturated heterocycles. The smallest absolute Gasteiger partial charge is 0.225 e. The molecule has 2 unspecified atom stereocenters. The van der Waals surface area contributed by atoms with Crippen molar-refractivity contribution in [1.29, 1.82) is 0 Å². The van der Waals surface area contributed by atoms with E-state index in [9.17, 15) is 0 Å². The predicted octanol–water partition coefficient (Wildman–Crippen LogP) is 10.6. The first-order valence-electron chi connectivity index (χ1n) is 23.0. The minimum absolute atomic E-state index is 0.0772. The maximum Gasteiger partial charge on any atom is 0.225 e.